The van der Waals surface area contributed by atoms with Crippen molar-refractivity contribution in [1.29, 1.82) is 0 Å². The first-order chi connectivity index (χ1) is 10.8. The normalized spacial score (nSPS) is 18.0. The van der Waals surface area contributed by atoms with Gasteiger partial charge in [-0.25, -0.2) is 4.98 Å². The first-order valence-electron chi connectivity index (χ1n) is 7.09. The molecule has 22 heavy (non-hydrogen) atoms. The Labute approximate surface area is 128 Å². The van der Waals surface area contributed by atoms with Gasteiger partial charge in [0, 0.05) is 25.1 Å². The topological polar surface area (TPSA) is 64.5 Å². The monoisotopic (exact) mass is 299 g/mol. The van der Waals surface area contributed by atoms with Crippen molar-refractivity contribution in [2.45, 2.75) is 6.10 Å². The van der Waals surface area contributed by atoms with Gasteiger partial charge in [0.25, 0.3) is 5.91 Å². The van der Waals surface area contributed by atoms with Crippen molar-refractivity contribution >= 4 is 5.91 Å². The van der Waals surface area contributed by atoms with Crippen LogP contribution in [0.15, 0.2) is 42.9 Å². The molecule has 0 radical (unpaired) electrons. The standard InChI is InChI=1S/C16H17N3O3/c1-21-15-13(3-2-6-18-15)16(20)19-9-10-22-14(11-19)12-4-7-17-8-5-12/h2-8,14H,9-11H2,1H3. The van der Waals surface area contributed by atoms with Crippen molar-refractivity contribution in [3.8, 4) is 5.88 Å². The molecule has 0 saturated carbocycles. The Bertz CT molecular complexity index is 648. The fourth-order valence-corrected chi connectivity index (χ4v) is 2.50. The van der Waals surface area contributed by atoms with Crippen LogP contribution >= 0.6 is 0 Å². The summed E-state index contributed by atoms with van der Waals surface area (Å²) in [6.45, 7) is 1.56. The van der Waals surface area contributed by atoms with E-state index in [0.29, 0.717) is 31.1 Å². The molecule has 3 rings (SSSR count). The predicted molar refractivity (Wildman–Crippen MR) is 79.6 cm³/mol. The van der Waals surface area contributed by atoms with Gasteiger partial charge in [0.2, 0.25) is 5.88 Å². The Hall–Kier alpha value is -2.47. The minimum Gasteiger partial charge on any atom is -0.480 e. The molecular formula is C16H17N3O3. The molecule has 0 spiro atoms. The SMILES string of the molecule is COc1ncccc1C(=O)N1CCOC(c2ccncc2)C1. The minimum atomic E-state index is -0.136. The van der Waals surface area contributed by atoms with Crippen LogP contribution in [0, 0.1) is 0 Å². The lowest BCUT2D eigenvalue weighted by molar-refractivity contribution is -0.0229. The number of nitrogens with zero attached hydrogens (tertiary/aromatic N) is 3. The molecule has 1 atom stereocenters. The number of rotatable bonds is 3. The molecule has 1 aliphatic rings. The zero-order valence-electron chi connectivity index (χ0n) is 12.3. The van der Waals surface area contributed by atoms with Crippen LogP contribution < -0.4 is 4.74 Å². The van der Waals surface area contributed by atoms with Crippen molar-refractivity contribution in [2.24, 2.45) is 0 Å². The van der Waals surface area contributed by atoms with Gasteiger partial charge in [-0.3, -0.25) is 9.78 Å². The van der Waals surface area contributed by atoms with E-state index in [2.05, 4.69) is 9.97 Å². The Kier molecular flexibility index (Phi) is 4.29. The van der Waals surface area contributed by atoms with E-state index in [4.69, 9.17) is 9.47 Å². The summed E-state index contributed by atoms with van der Waals surface area (Å²) in [5.41, 5.74) is 1.49. The van der Waals surface area contributed by atoms with Gasteiger partial charge in [-0.1, -0.05) is 0 Å². The molecular weight excluding hydrogens is 282 g/mol. The van der Waals surface area contributed by atoms with Crippen molar-refractivity contribution in [3.63, 3.8) is 0 Å². The molecule has 3 heterocycles. The fraction of sp³-hybridized carbons (Fsp3) is 0.312. The van der Waals surface area contributed by atoms with Crippen LogP contribution in [0.25, 0.3) is 0 Å². The molecule has 1 fully saturated rings. The summed E-state index contributed by atoms with van der Waals surface area (Å²) >= 11 is 0. The Morgan fingerprint density at radius 2 is 2.14 bits per heavy atom. The van der Waals surface area contributed by atoms with E-state index in [-0.39, 0.29) is 12.0 Å². The van der Waals surface area contributed by atoms with Crippen molar-refractivity contribution in [2.75, 3.05) is 26.8 Å². The van der Waals surface area contributed by atoms with Crippen LogP contribution in [0.2, 0.25) is 0 Å². The maximum atomic E-state index is 12.7. The van der Waals surface area contributed by atoms with Crippen molar-refractivity contribution in [1.82, 2.24) is 14.9 Å². The molecule has 1 saturated heterocycles. The molecule has 1 aliphatic heterocycles. The molecule has 2 aromatic heterocycles. The van der Waals surface area contributed by atoms with Gasteiger partial charge in [-0.05, 0) is 29.8 Å². The van der Waals surface area contributed by atoms with E-state index in [9.17, 15) is 4.79 Å². The Morgan fingerprint density at radius 3 is 2.91 bits per heavy atom. The van der Waals surface area contributed by atoms with E-state index in [1.807, 2.05) is 12.1 Å². The summed E-state index contributed by atoms with van der Waals surface area (Å²) in [5.74, 6) is 0.256. The van der Waals surface area contributed by atoms with Crippen LogP contribution in [0.3, 0.4) is 0 Å². The van der Waals surface area contributed by atoms with Crippen LogP contribution in [0.4, 0.5) is 0 Å². The third-order valence-electron chi connectivity index (χ3n) is 3.63. The summed E-state index contributed by atoms with van der Waals surface area (Å²) in [7, 11) is 1.51. The van der Waals surface area contributed by atoms with Crippen LogP contribution in [-0.2, 0) is 4.74 Å². The van der Waals surface area contributed by atoms with E-state index in [1.54, 1.807) is 35.6 Å². The molecule has 1 amide bonds. The third kappa shape index (κ3) is 2.92. The maximum absolute atomic E-state index is 12.7. The number of carbonyl (C=O) groups excluding carboxylic acids is 1. The molecule has 114 valence electrons. The largest absolute Gasteiger partial charge is 0.480 e. The number of pyridine rings is 2. The number of amides is 1. The number of morpholine rings is 1. The molecule has 0 N–H and O–H groups in total. The smallest absolute Gasteiger partial charge is 0.259 e. The first-order valence-corrected chi connectivity index (χ1v) is 7.09. The highest BCUT2D eigenvalue weighted by Crippen LogP contribution is 2.24. The summed E-state index contributed by atoms with van der Waals surface area (Å²) in [6, 6.07) is 7.27. The second kappa shape index (κ2) is 6.53. The van der Waals surface area contributed by atoms with E-state index in [1.165, 1.54) is 7.11 Å². The van der Waals surface area contributed by atoms with E-state index < -0.39 is 0 Å². The van der Waals surface area contributed by atoms with E-state index in [0.717, 1.165) is 5.56 Å². The highest BCUT2D eigenvalue weighted by Gasteiger charge is 2.27. The van der Waals surface area contributed by atoms with Crippen LogP contribution in [0.1, 0.15) is 22.0 Å². The number of hydrogen-bond acceptors (Lipinski definition) is 5. The summed E-state index contributed by atoms with van der Waals surface area (Å²) < 4.78 is 10.9. The quantitative estimate of drug-likeness (QED) is 0.863. The van der Waals surface area contributed by atoms with Gasteiger partial charge >= 0.3 is 0 Å². The van der Waals surface area contributed by atoms with Crippen molar-refractivity contribution < 1.29 is 14.3 Å². The number of aromatic nitrogens is 2. The van der Waals surface area contributed by atoms with Gasteiger partial charge < -0.3 is 14.4 Å². The Morgan fingerprint density at radius 1 is 1.32 bits per heavy atom. The fourth-order valence-electron chi connectivity index (χ4n) is 2.50. The van der Waals surface area contributed by atoms with Gasteiger partial charge in [-0.15, -0.1) is 0 Å². The molecule has 0 aromatic carbocycles. The maximum Gasteiger partial charge on any atom is 0.259 e. The third-order valence-corrected chi connectivity index (χ3v) is 3.63. The van der Waals surface area contributed by atoms with Crippen LogP contribution in [-0.4, -0.2) is 47.6 Å². The lowest BCUT2D eigenvalue weighted by Gasteiger charge is -2.33. The summed E-state index contributed by atoms with van der Waals surface area (Å²) in [6.07, 6.45) is 4.92. The average Bonchev–Trinajstić information content (AvgIpc) is 2.62. The summed E-state index contributed by atoms with van der Waals surface area (Å²) in [4.78, 5) is 22.6. The van der Waals surface area contributed by atoms with Crippen LogP contribution in [0.5, 0.6) is 5.88 Å². The molecule has 0 aliphatic carbocycles. The summed E-state index contributed by atoms with van der Waals surface area (Å²) in [5, 5.41) is 0. The molecule has 6 nitrogen and oxygen atoms in total. The first kappa shape index (κ1) is 14.5. The van der Waals surface area contributed by atoms with Gasteiger partial charge in [0.1, 0.15) is 11.7 Å². The number of methoxy groups -OCH3 is 1. The number of hydrogen-bond donors (Lipinski definition) is 0. The lowest BCUT2D eigenvalue weighted by atomic mass is 10.1. The second-order valence-electron chi connectivity index (χ2n) is 4.95. The molecule has 6 heteroatoms. The Balaban J connectivity index is 1.78. The number of ether oxygens (including phenoxy) is 2. The molecule has 2 aromatic rings. The zero-order valence-corrected chi connectivity index (χ0v) is 12.3. The second-order valence-corrected chi connectivity index (χ2v) is 4.95. The molecule has 1 unspecified atom stereocenters. The minimum absolute atomic E-state index is 0.0905. The van der Waals surface area contributed by atoms with Gasteiger partial charge in [0.05, 0.1) is 20.3 Å². The predicted octanol–water partition coefficient (Wildman–Crippen LogP) is 1.70. The highest BCUT2D eigenvalue weighted by atomic mass is 16.5. The zero-order chi connectivity index (χ0) is 15.4. The van der Waals surface area contributed by atoms with E-state index >= 15 is 0 Å². The van der Waals surface area contributed by atoms with Crippen molar-refractivity contribution in [3.05, 3.63) is 54.0 Å². The van der Waals surface area contributed by atoms with Gasteiger partial charge in [0.15, 0.2) is 0 Å². The highest BCUT2D eigenvalue weighted by molar-refractivity contribution is 5.96. The molecule has 0 bridgehead atoms. The number of carbonyl (C=O) groups is 1. The van der Waals surface area contributed by atoms with Gasteiger partial charge in [-0.2, -0.15) is 0 Å². The lowest BCUT2D eigenvalue weighted by Crippen LogP contribution is -2.42. The average molecular weight is 299 g/mol.